The van der Waals surface area contributed by atoms with Crippen LogP contribution in [0.15, 0.2) is 30.6 Å². The summed E-state index contributed by atoms with van der Waals surface area (Å²) in [5.74, 6) is -20.1. The van der Waals surface area contributed by atoms with E-state index in [1.54, 1.807) is 0 Å². The van der Waals surface area contributed by atoms with Gasteiger partial charge in [-0.15, -0.1) is 5.10 Å². The molecule has 0 saturated heterocycles. The molecule has 1 aliphatic carbocycles. The number of benzene rings is 1. The van der Waals surface area contributed by atoms with Crippen LogP contribution in [-0.4, -0.2) is 62.7 Å². The first kappa shape index (κ1) is 35.7. The molecular formula is C23H13ClF12N6O4S. The maximum atomic E-state index is 14.1. The highest BCUT2D eigenvalue weighted by molar-refractivity contribution is 7.88. The van der Waals surface area contributed by atoms with Crippen molar-refractivity contribution in [3.05, 3.63) is 46.7 Å². The lowest BCUT2D eigenvalue weighted by Gasteiger charge is -2.32. The largest absolute Gasteiger partial charge is 0.460 e. The molecule has 3 aromatic rings. The van der Waals surface area contributed by atoms with Crippen molar-refractivity contribution in [1.82, 2.24) is 24.9 Å². The predicted octanol–water partition coefficient (Wildman–Crippen LogP) is 5.87. The number of hydrogen-bond donors (Lipinski definition) is 1. The number of nitrogens with zero attached hydrogens (tertiary/aromatic N) is 5. The van der Waals surface area contributed by atoms with Gasteiger partial charge in [0.25, 0.3) is 11.8 Å². The standard InChI is InChI=1S/C23H13ClF12N6O4S/c1-41-17(42-8-11(7-38-42)10-2-3-13(24)12(6-10)15(43)39-18(9-37)4-5-18)14(19(25,26)27)16(40-41)46-47(44,45)23(35,36)21(30,31)20(28,29)22(32,33)34/h2-3,6-8H,4-5H2,1H3,(H,39,43). The van der Waals surface area contributed by atoms with Crippen LogP contribution in [0.2, 0.25) is 5.02 Å². The molecule has 1 fully saturated rings. The Labute approximate surface area is 258 Å². The van der Waals surface area contributed by atoms with Crippen molar-refractivity contribution in [3.63, 3.8) is 0 Å². The highest BCUT2D eigenvalue weighted by Crippen LogP contribution is 2.55. The van der Waals surface area contributed by atoms with Crippen molar-refractivity contribution in [1.29, 1.82) is 5.26 Å². The Balaban J connectivity index is 1.75. The molecule has 4 rings (SSSR count). The minimum Gasteiger partial charge on any atom is -0.355 e. The summed E-state index contributed by atoms with van der Waals surface area (Å²) < 4.78 is 189. The molecule has 10 nitrogen and oxygen atoms in total. The molecule has 1 aliphatic rings. The van der Waals surface area contributed by atoms with E-state index in [1.165, 1.54) is 12.1 Å². The number of rotatable bonds is 9. The zero-order valence-corrected chi connectivity index (χ0v) is 24.1. The van der Waals surface area contributed by atoms with Gasteiger partial charge in [-0.2, -0.15) is 71.5 Å². The number of aryl methyl sites for hydroxylation is 1. The van der Waals surface area contributed by atoms with Gasteiger partial charge in [0.2, 0.25) is 0 Å². The Morgan fingerprint density at radius 1 is 1.02 bits per heavy atom. The lowest BCUT2D eigenvalue weighted by atomic mass is 10.1. The number of hydrogen-bond acceptors (Lipinski definition) is 7. The number of halogens is 13. The first-order chi connectivity index (χ1) is 21.2. The maximum absolute atomic E-state index is 14.1. The van der Waals surface area contributed by atoms with Crippen molar-refractivity contribution >= 4 is 27.6 Å². The molecule has 0 atom stereocenters. The summed E-state index contributed by atoms with van der Waals surface area (Å²) in [5, 5.41) is 10.6. The molecule has 2 aromatic heterocycles. The van der Waals surface area contributed by atoms with Gasteiger partial charge in [0.15, 0.2) is 11.4 Å². The summed E-state index contributed by atoms with van der Waals surface area (Å²) in [6.07, 6.45) is -10.9. The third-order valence-corrected chi connectivity index (χ3v) is 8.14. The second-order valence-electron chi connectivity index (χ2n) is 9.84. The normalized spacial score (nSPS) is 15.7. The first-order valence-corrected chi connectivity index (χ1v) is 13.9. The van der Waals surface area contributed by atoms with E-state index in [0.717, 1.165) is 18.5 Å². The summed E-state index contributed by atoms with van der Waals surface area (Å²) >= 11 is 6.06. The van der Waals surface area contributed by atoms with Gasteiger partial charge in [-0.25, -0.2) is 9.36 Å². The summed E-state index contributed by atoms with van der Waals surface area (Å²) in [6, 6.07) is 5.54. The van der Waals surface area contributed by atoms with Gasteiger partial charge in [0.1, 0.15) is 5.54 Å². The van der Waals surface area contributed by atoms with Crippen molar-refractivity contribution in [2.75, 3.05) is 0 Å². The molecule has 24 heteroatoms. The van der Waals surface area contributed by atoms with Crippen LogP contribution in [0, 0.1) is 11.3 Å². The van der Waals surface area contributed by atoms with Gasteiger partial charge in [-0.05, 0) is 30.5 Å². The number of alkyl halides is 12. The van der Waals surface area contributed by atoms with E-state index in [2.05, 4.69) is 19.7 Å². The van der Waals surface area contributed by atoms with E-state index in [0.29, 0.717) is 24.6 Å². The molecular weight excluding hydrogens is 720 g/mol. The van der Waals surface area contributed by atoms with Gasteiger partial charge in [-0.1, -0.05) is 17.7 Å². The Kier molecular flexibility index (Phi) is 8.29. The highest BCUT2D eigenvalue weighted by Gasteiger charge is 2.86. The average Bonchev–Trinajstić information content (AvgIpc) is 3.38. The smallest absolute Gasteiger partial charge is 0.355 e. The topological polar surface area (TPSA) is 132 Å². The molecule has 1 saturated carbocycles. The monoisotopic (exact) mass is 732 g/mol. The minimum atomic E-state index is -7.79. The Hall–Kier alpha value is -4.20. The molecule has 256 valence electrons. The number of aromatic nitrogens is 4. The van der Waals surface area contributed by atoms with Crippen LogP contribution in [0.4, 0.5) is 52.7 Å². The molecule has 1 aromatic carbocycles. The molecule has 0 aliphatic heterocycles. The molecule has 1 amide bonds. The van der Waals surface area contributed by atoms with Crippen LogP contribution in [0.25, 0.3) is 16.9 Å². The summed E-state index contributed by atoms with van der Waals surface area (Å²) in [7, 11) is -7.17. The van der Waals surface area contributed by atoms with Gasteiger partial charge in [0, 0.05) is 18.8 Å². The Bertz CT molecular complexity index is 1890. The summed E-state index contributed by atoms with van der Waals surface area (Å²) in [4.78, 5) is 12.7. The van der Waals surface area contributed by atoms with E-state index >= 15 is 0 Å². The van der Waals surface area contributed by atoms with Crippen molar-refractivity contribution in [2.24, 2.45) is 7.05 Å². The predicted molar refractivity (Wildman–Crippen MR) is 131 cm³/mol. The molecule has 47 heavy (non-hydrogen) atoms. The van der Waals surface area contributed by atoms with Crippen LogP contribution in [0.1, 0.15) is 28.8 Å². The SMILES string of the molecule is Cn1nc(OS(=O)(=O)C(F)(F)C(F)(F)C(F)(F)C(F)(F)F)c(C(F)(F)F)c1-n1cc(-c2ccc(Cl)c(C(=O)NC3(C#N)CC3)c2)cn1. The van der Waals surface area contributed by atoms with Crippen molar-refractivity contribution in [3.8, 4) is 28.9 Å². The fourth-order valence-corrected chi connectivity index (χ4v) is 4.95. The fourth-order valence-electron chi connectivity index (χ4n) is 3.88. The van der Waals surface area contributed by atoms with Crippen molar-refractivity contribution < 1.29 is 70.1 Å². The maximum Gasteiger partial charge on any atom is 0.460 e. The van der Waals surface area contributed by atoms with Crippen molar-refractivity contribution in [2.45, 2.75) is 47.8 Å². The number of amides is 1. The third-order valence-electron chi connectivity index (χ3n) is 6.55. The van der Waals surface area contributed by atoms with Crippen LogP contribution in [-0.2, 0) is 23.3 Å². The Morgan fingerprint density at radius 2 is 1.62 bits per heavy atom. The lowest BCUT2D eigenvalue weighted by molar-refractivity contribution is -0.382. The second-order valence-corrected chi connectivity index (χ2v) is 11.8. The van der Waals surface area contributed by atoms with Crippen LogP contribution >= 0.6 is 11.6 Å². The van der Waals surface area contributed by atoms with E-state index in [4.69, 9.17) is 11.6 Å². The van der Waals surface area contributed by atoms with Crippen LogP contribution in [0.5, 0.6) is 5.88 Å². The molecule has 1 N–H and O–H groups in total. The molecule has 0 spiro atoms. The fraction of sp³-hybridized carbons (Fsp3) is 0.391. The van der Waals surface area contributed by atoms with Gasteiger partial charge < -0.3 is 9.50 Å². The molecule has 0 bridgehead atoms. The zero-order valence-electron chi connectivity index (χ0n) is 22.5. The lowest BCUT2D eigenvalue weighted by Crippen LogP contribution is -2.63. The van der Waals surface area contributed by atoms with Crippen LogP contribution in [0.3, 0.4) is 0 Å². The average molecular weight is 733 g/mol. The summed E-state index contributed by atoms with van der Waals surface area (Å²) in [6.45, 7) is 0. The van der Waals surface area contributed by atoms with Gasteiger partial charge in [-0.3, -0.25) is 4.79 Å². The molecule has 0 radical (unpaired) electrons. The number of nitriles is 1. The van der Waals surface area contributed by atoms with Gasteiger partial charge in [0.05, 0.1) is 22.9 Å². The highest BCUT2D eigenvalue weighted by atomic mass is 35.5. The zero-order chi connectivity index (χ0) is 35.8. The molecule has 0 unspecified atom stereocenters. The minimum absolute atomic E-state index is 0.0647. The Morgan fingerprint density at radius 3 is 2.13 bits per heavy atom. The summed E-state index contributed by atoms with van der Waals surface area (Å²) in [5.41, 5.74) is -3.72. The first-order valence-electron chi connectivity index (χ1n) is 12.1. The number of carbonyl (C=O) groups is 1. The van der Waals surface area contributed by atoms with E-state index in [9.17, 15) is 71.2 Å². The second kappa shape index (κ2) is 10.9. The number of carbonyl (C=O) groups excluding carboxylic acids is 1. The molecule has 2 heterocycles. The quantitative estimate of drug-likeness (QED) is 0.215. The van der Waals surface area contributed by atoms with E-state index in [-0.39, 0.29) is 26.4 Å². The van der Waals surface area contributed by atoms with Gasteiger partial charge >= 0.3 is 39.6 Å². The van der Waals surface area contributed by atoms with E-state index in [1.807, 2.05) is 6.07 Å². The van der Waals surface area contributed by atoms with Crippen LogP contribution < -0.4 is 9.50 Å². The van der Waals surface area contributed by atoms with E-state index < -0.39 is 68.3 Å². The third kappa shape index (κ3) is 5.92. The number of nitrogens with one attached hydrogen (secondary N) is 1.